The van der Waals surface area contributed by atoms with Crippen molar-refractivity contribution in [1.82, 2.24) is 5.32 Å². The lowest BCUT2D eigenvalue weighted by molar-refractivity contribution is -0.119. The zero-order chi connectivity index (χ0) is 25.3. The van der Waals surface area contributed by atoms with Gasteiger partial charge in [-0.1, -0.05) is 30.3 Å². The minimum Gasteiger partial charge on any atom is -0.497 e. The molecule has 7 nitrogen and oxygen atoms in total. The van der Waals surface area contributed by atoms with Crippen LogP contribution in [0.5, 0.6) is 11.5 Å². The molecule has 0 unspecified atom stereocenters. The first-order chi connectivity index (χ1) is 16.8. The number of amides is 1. The molecular weight excluding hydrogens is 464 g/mol. The monoisotopic (exact) mass is 496 g/mol. The maximum absolute atomic E-state index is 13.3. The number of rotatable bonds is 12. The van der Waals surface area contributed by atoms with E-state index in [0.29, 0.717) is 24.4 Å². The predicted octanol–water partition coefficient (Wildman–Crippen LogP) is 4.43. The van der Waals surface area contributed by atoms with Crippen LogP contribution in [-0.4, -0.2) is 40.6 Å². The van der Waals surface area contributed by atoms with Gasteiger partial charge < -0.3 is 14.8 Å². The van der Waals surface area contributed by atoms with Gasteiger partial charge in [-0.3, -0.25) is 9.10 Å². The maximum atomic E-state index is 13.3. The molecule has 0 spiro atoms. The molecule has 0 radical (unpaired) electrons. The molecule has 3 rings (SSSR count). The third-order valence-electron chi connectivity index (χ3n) is 5.21. The van der Waals surface area contributed by atoms with Gasteiger partial charge in [-0.05, 0) is 80.8 Å². The summed E-state index contributed by atoms with van der Waals surface area (Å²) < 4.78 is 38.7. The van der Waals surface area contributed by atoms with Crippen LogP contribution in [-0.2, 0) is 21.2 Å². The van der Waals surface area contributed by atoms with Crippen LogP contribution in [0.3, 0.4) is 0 Å². The van der Waals surface area contributed by atoms with E-state index in [4.69, 9.17) is 9.47 Å². The quantitative estimate of drug-likeness (QED) is 0.375. The Morgan fingerprint density at radius 1 is 0.943 bits per heavy atom. The lowest BCUT2D eigenvalue weighted by atomic mass is 10.1. The summed E-state index contributed by atoms with van der Waals surface area (Å²) in [7, 11) is -2.40. The zero-order valence-corrected chi connectivity index (χ0v) is 21.1. The summed E-state index contributed by atoms with van der Waals surface area (Å²) in [6.45, 7) is 4.06. The molecule has 35 heavy (non-hydrogen) atoms. The van der Waals surface area contributed by atoms with E-state index in [-0.39, 0.29) is 23.5 Å². The highest BCUT2D eigenvalue weighted by molar-refractivity contribution is 7.92. The minimum absolute atomic E-state index is 0.102. The van der Waals surface area contributed by atoms with Crippen LogP contribution < -0.4 is 19.1 Å². The van der Waals surface area contributed by atoms with Gasteiger partial charge in [-0.25, -0.2) is 8.42 Å². The zero-order valence-electron chi connectivity index (χ0n) is 20.3. The van der Waals surface area contributed by atoms with E-state index in [1.807, 2.05) is 38.1 Å². The van der Waals surface area contributed by atoms with E-state index < -0.39 is 10.0 Å². The second-order valence-corrected chi connectivity index (χ2v) is 10.2. The van der Waals surface area contributed by atoms with Crippen molar-refractivity contribution < 1.29 is 22.7 Å². The highest BCUT2D eigenvalue weighted by atomic mass is 32.2. The lowest BCUT2D eigenvalue weighted by Gasteiger charge is -2.24. The average Bonchev–Trinajstić information content (AvgIpc) is 2.85. The smallest absolute Gasteiger partial charge is 0.264 e. The normalized spacial score (nSPS) is 11.2. The van der Waals surface area contributed by atoms with Crippen LogP contribution in [0.2, 0.25) is 0 Å². The van der Waals surface area contributed by atoms with Gasteiger partial charge in [-0.2, -0.15) is 0 Å². The summed E-state index contributed by atoms with van der Waals surface area (Å²) in [6, 6.07) is 22.6. The van der Waals surface area contributed by atoms with Crippen LogP contribution in [0.15, 0.2) is 83.8 Å². The molecule has 0 saturated heterocycles. The highest BCUT2D eigenvalue weighted by Gasteiger charge is 2.27. The largest absolute Gasteiger partial charge is 0.497 e. The standard InChI is InChI=1S/C27H32N2O5S/c1-21(2)34-25-11-7-9-22(19-25)10-8-18-28-27(30)20-29(23-14-16-24(33-3)17-15-23)35(31,32)26-12-5-4-6-13-26/h4-7,9,11-17,19,21H,8,10,18,20H2,1-3H3,(H,28,30). The molecule has 1 amide bonds. The van der Waals surface area contributed by atoms with Crippen molar-refractivity contribution in [3.8, 4) is 11.5 Å². The first kappa shape index (κ1) is 26.1. The third-order valence-corrected chi connectivity index (χ3v) is 7.00. The molecule has 3 aromatic carbocycles. The molecule has 0 aliphatic heterocycles. The molecule has 0 aliphatic rings. The number of hydrogen-bond acceptors (Lipinski definition) is 5. The van der Waals surface area contributed by atoms with Crippen molar-refractivity contribution in [1.29, 1.82) is 0 Å². The van der Waals surface area contributed by atoms with Crippen molar-refractivity contribution in [2.75, 3.05) is 24.5 Å². The number of anilines is 1. The molecule has 0 atom stereocenters. The van der Waals surface area contributed by atoms with Gasteiger partial charge in [0.15, 0.2) is 0 Å². The van der Waals surface area contributed by atoms with Crippen molar-refractivity contribution >= 4 is 21.6 Å². The topological polar surface area (TPSA) is 84.9 Å². The molecule has 0 aromatic heterocycles. The fourth-order valence-corrected chi connectivity index (χ4v) is 4.98. The number of carbonyl (C=O) groups excluding carboxylic acids is 1. The fourth-order valence-electron chi connectivity index (χ4n) is 3.54. The van der Waals surface area contributed by atoms with E-state index in [0.717, 1.165) is 22.0 Å². The minimum atomic E-state index is -3.94. The molecule has 186 valence electrons. The van der Waals surface area contributed by atoms with Crippen LogP contribution >= 0.6 is 0 Å². The van der Waals surface area contributed by atoms with Gasteiger partial charge in [0, 0.05) is 6.54 Å². The number of nitrogens with zero attached hydrogens (tertiary/aromatic N) is 1. The summed E-state index contributed by atoms with van der Waals surface area (Å²) in [6.07, 6.45) is 1.58. The van der Waals surface area contributed by atoms with Crippen molar-refractivity contribution in [3.05, 3.63) is 84.4 Å². The first-order valence-corrected chi connectivity index (χ1v) is 13.0. The first-order valence-electron chi connectivity index (χ1n) is 11.5. The molecule has 0 bridgehead atoms. The number of benzene rings is 3. The Kier molecular flexibility index (Phi) is 9.14. The average molecular weight is 497 g/mol. The van der Waals surface area contributed by atoms with E-state index in [1.165, 1.54) is 19.2 Å². The Bertz CT molecular complexity index is 1200. The summed E-state index contributed by atoms with van der Waals surface area (Å²) in [4.78, 5) is 12.9. The third kappa shape index (κ3) is 7.48. The number of sulfonamides is 1. The second kappa shape index (κ2) is 12.3. The Balaban J connectivity index is 1.64. The van der Waals surface area contributed by atoms with Crippen LogP contribution in [0, 0.1) is 0 Å². The van der Waals surface area contributed by atoms with Gasteiger partial charge in [-0.15, -0.1) is 0 Å². The van der Waals surface area contributed by atoms with Gasteiger partial charge >= 0.3 is 0 Å². The highest BCUT2D eigenvalue weighted by Crippen LogP contribution is 2.25. The molecule has 8 heteroatoms. The summed E-state index contributed by atoms with van der Waals surface area (Å²) >= 11 is 0. The number of hydrogen-bond donors (Lipinski definition) is 1. The number of aryl methyl sites for hydroxylation is 1. The van der Waals surface area contributed by atoms with E-state index in [9.17, 15) is 13.2 Å². The molecule has 0 aliphatic carbocycles. The summed E-state index contributed by atoms with van der Waals surface area (Å²) in [5.74, 6) is 1.04. The van der Waals surface area contributed by atoms with E-state index in [2.05, 4.69) is 5.32 Å². The Morgan fingerprint density at radius 2 is 1.66 bits per heavy atom. The van der Waals surface area contributed by atoms with Crippen molar-refractivity contribution in [3.63, 3.8) is 0 Å². The molecule has 0 fully saturated rings. The van der Waals surface area contributed by atoms with Crippen LogP contribution in [0.25, 0.3) is 0 Å². The number of carbonyl (C=O) groups is 1. The van der Waals surface area contributed by atoms with Gasteiger partial charge in [0.1, 0.15) is 18.0 Å². The molecular formula is C27H32N2O5S. The number of ether oxygens (including phenoxy) is 2. The van der Waals surface area contributed by atoms with Crippen LogP contribution in [0.4, 0.5) is 5.69 Å². The molecule has 0 heterocycles. The predicted molar refractivity (Wildman–Crippen MR) is 138 cm³/mol. The summed E-state index contributed by atoms with van der Waals surface area (Å²) in [5.41, 5.74) is 1.50. The fraction of sp³-hybridized carbons (Fsp3) is 0.296. The number of nitrogens with one attached hydrogen (secondary N) is 1. The van der Waals surface area contributed by atoms with Crippen molar-refractivity contribution in [2.24, 2.45) is 0 Å². The molecule has 3 aromatic rings. The van der Waals surface area contributed by atoms with E-state index >= 15 is 0 Å². The summed E-state index contributed by atoms with van der Waals surface area (Å²) in [5, 5.41) is 2.85. The van der Waals surface area contributed by atoms with Gasteiger partial charge in [0.05, 0.1) is 23.8 Å². The SMILES string of the molecule is COc1ccc(N(CC(=O)NCCCc2cccc(OC(C)C)c2)S(=O)(=O)c2ccccc2)cc1. The van der Waals surface area contributed by atoms with Crippen LogP contribution in [0.1, 0.15) is 25.8 Å². The second-order valence-electron chi connectivity index (χ2n) is 8.29. The van der Waals surface area contributed by atoms with E-state index in [1.54, 1.807) is 42.5 Å². The van der Waals surface area contributed by atoms with Crippen molar-refractivity contribution in [2.45, 2.75) is 37.7 Å². The van der Waals surface area contributed by atoms with Gasteiger partial charge in [0.25, 0.3) is 10.0 Å². The Labute approximate surface area is 207 Å². The van der Waals surface area contributed by atoms with Gasteiger partial charge in [0.2, 0.25) is 5.91 Å². The molecule has 0 saturated carbocycles. The molecule has 1 N–H and O–H groups in total. The Hall–Kier alpha value is -3.52. The lowest BCUT2D eigenvalue weighted by Crippen LogP contribution is -2.41. The number of methoxy groups -OCH3 is 1. The Morgan fingerprint density at radius 3 is 2.31 bits per heavy atom. The maximum Gasteiger partial charge on any atom is 0.264 e.